The minimum atomic E-state index is -0.182. The Morgan fingerprint density at radius 2 is 1.84 bits per heavy atom. The molecule has 0 unspecified atom stereocenters. The molecule has 1 nitrogen and oxygen atoms in total. The molecule has 2 rings (SSSR count). The zero-order valence-corrected chi connectivity index (χ0v) is 12.5. The fourth-order valence-electron chi connectivity index (χ4n) is 1.95. The molecule has 0 saturated carbocycles. The first-order valence-corrected chi connectivity index (χ1v) is 7.25. The van der Waals surface area contributed by atoms with Crippen LogP contribution in [0.4, 0.5) is 10.1 Å². The van der Waals surface area contributed by atoms with Gasteiger partial charge >= 0.3 is 0 Å². The molecular formula is C16H17BrFN. The molecule has 0 aliphatic rings. The molecule has 1 N–H and O–H groups in total. The lowest BCUT2D eigenvalue weighted by Crippen LogP contribution is -2.01. The van der Waals surface area contributed by atoms with E-state index in [2.05, 4.69) is 40.3 Å². The topological polar surface area (TPSA) is 12.0 Å². The number of hydrogen-bond donors (Lipinski definition) is 1. The molecule has 0 aromatic heterocycles. The van der Waals surface area contributed by atoms with Gasteiger partial charge in [0.05, 0.1) is 0 Å². The average Bonchev–Trinajstić information content (AvgIpc) is 2.42. The summed E-state index contributed by atoms with van der Waals surface area (Å²) in [6, 6.07) is 13.3. The Hall–Kier alpha value is -1.35. The summed E-state index contributed by atoms with van der Waals surface area (Å²) in [4.78, 5) is 0. The van der Waals surface area contributed by atoms with E-state index in [9.17, 15) is 4.39 Å². The number of rotatable bonds is 5. The number of hydrogen-bond acceptors (Lipinski definition) is 1. The monoisotopic (exact) mass is 321 g/mol. The van der Waals surface area contributed by atoms with Crippen molar-refractivity contribution in [3.63, 3.8) is 0 Å². The Balaban J connectivity index is 2.00. The molecule has 0 fully saturated rings. The van der Waals surface area contributed by atoms with Gasteiger partial charge in [0, 0.05) is 22.3 Å². The maximum Gasteiger partial charge on any atom is 0.128 e. The number of anilines is 1. The van der Waals surface area contributed by atoms with Gasteiger partial charge in [-0.1, -0.05) is 41.4 Å². The van der Waals surface area contributed by atoms with Crippen molar-refractivity contribution < 1.29 is 4.39 Å². The molecule has 0 saturated heterocycles. The molecule has 2 aromatic carbocycles. The second-order valence-corrected chi connectivity index (χ2v) is 5.45. The summed E-state index contributed by atoms with van der Waals surface area (Å²) in [7, 11) is 0. The number of halogens is 2. The predicted octanol–water partition coefficient (Wildman–Crippen LogP) is 5.15. The van der Waals surface area contributed by atoms with E-state index in [0.717, 1.165) is 23.0 Å². The highest BCUT2D eigenvalue weighted by Crippen LogP contribution is 2.17. The molecule has 2 aromatic rings. The quantitative estimate of drug-likeness (QED) is 0.802. The van der Waals surface area contributed by atoms with Crippen LogP contribution in [0, 0.1) is 5.82 Å². The van der Waals surface area contributed by atoms with Crippen molar-refractivity contribution in [2.75, 3.05) is 5.32 Å². The van der Waals surface area contributed by atoms with Crippen molar-refractivity contribution >= 4 is 21.6 Å². The molecule has 0 atom stereocenters. The number of aryl methyl sites for hydroxylation is 1. The lowest BCUT2D eigenvalue weighted by atomic mass is 10.1. The van der Waals surface area contributed by atoms with Crippen molar-refractivity contribution in [3.05, 3.63) is 63.9 Å². The Kier molecular flexibility index (Phi) is 4.97. The van der Waals surface area contributed by atoms with Crippen LogP contribution in [0.1, 0.15) is 24.5 Å². The first-order chi connectivity index (χ1) is 9.19. The van der Waals surface area contributed by atoms with Crippen molar-refractivity contribution in [1.29, 1.82) is 0 Å². The Bertz CT molecular complexity index is 537. The van der Waals surface area contributed by atoms with Gasteiger partial charge in [0.2, 0.25) is 0 Å². The van der Waals surface area contributed by atoms with Crippen molar-refractivity contribution in [1.82, 2.24) is 0 Å². The van der Waals surface area contributed by atoms with Gasteiger partial charge < -0.3 is 5.32 Å². The first-order valence-electron chi connectivity index (χ1n) is 6.46. The van der Waals surface area contributed by atoms with Crippen LogP contribution in [-0.4, -0.2) is 0 Å². The minimum absolute atomic E-state index is 0.182. The SMILES string of the molecule is CCCc1ccc(NCc2cc(Br)ccc2F)cc1. The van der Waals surface area contributed by atoms with E-state index in [1.165, 1.54) is 11.6 Å². The van der Waals surface area contributed by atoms with Crippen LogP contribution in [0.15, 0.2) is 46.9 Å². The summed E-state index contributed by atoms with van der Waals surface area (Å²) >= 11 is 3.35. The van der Waals surface area contributed by atoms with Gasteiger partial charge in [-0.05, 0) is 42.3 Å². The molecule has 0 heterocycles. The maximum atomic E-state index is 13.6. The summed E-state index contributed by atoms with van der Waals surface area (Å²) < 4.78 is 14.5. The maximum absolute atomic E-state index is 13.6. The molecule has 0 aliphatic carbocycles. The lowest BCUT2D eigenvalue weighted by Gasteiger charge is -2.09. The van der Waals surface area contributed by atoms with Crippen LogP contribution in [0.25, 0.3) is 0 Å². The third kappa shape index (κ3) is 4.06. The summed E-state index contributed by atoms with van der Waals surface area (Å²) in [5.41, 5.74) is 3.01. The summed E-state index contributed by atoms with van der Waals surface area (Å²) in [5, 5.41) is 3.24. The Labute approximate surface area is 122 Å². The molecule has 100 valence electrons. The zero-order chi connectivity index (χ0) is 13.7. The molecule has 0 spiro atoms. The smallest absolute Gasteiger partial charge is 0.128 e. The normalized spacial score (nSPS) is 10.5. The van der Waals surface area contributed by atoms with E-state index < -0.39 is 0 Å². The molecule has 0 bridgehead atoms. The van der Waals surface area contributed by atoms with Crippen molar-refractivity contribution in [2.24, 2.45) is 0 Å². The molecule has 0 aliphatic heterocycles. The lowest BCUT2D eigenvalue weighted by molar-refractivity contribution is 0.612. The van der Waals surface area contributed by atoms with E-state index in [-0.39, 0.29) is 5.82 Å². The van der Waals surface area contributed by atoms with Gasteiger partial charge in [-0.2, -0.15) is 0 Å². The second-order valence-electron chi connectivity index (χ2n) is 4.54. The predicted molar refractivity (Wildman–Crippen MR) is 81.9 cm³/mol. The van der Waals surface area contributed by atoms with Crippen molar-refractivity contribution in [3.8, 4) is 0 Å². The van der Waals surface area contributed by atoms with Gasteiger partial charge in [-0.15, -0.1) is 0 Å². The van der Waals surface area contributed by atoms with Gasteiger partial charge in [0.1, 0.15) is 5.82 Å². The second kappa shape index (κ2) is 6.71. The van der Waals surface area contributed by atoms with Crippen molar-refractivity contribution in [2.45, 2.75) is 26.3 Å². The third-order valence-electron chi connectivity index (χ3n) is 2.98. The first kappa shape index (κ1) is 14.1. The molecule has 3 heteroatoms. The largest absolute Gasteiger partial charge is 0.381 e. The van der Waals surface area contributed by atoms with Crippen LogP contribution >= 0.6 is 15.9 Å². The molecule has 0 amide bonds. The Morgan fingerprint density at radius 3 is 2.53 bits per heavy atom. The standard InChI is InChI=1S/C16H17BrFN/c1-2-3-12-4-7-15(8-5-12)19-11-13-10-14(17)6-9-16(13)18/h4-10,19H,2-3,11H2,1H3. The van der Waals surface area contributed by atoms with Crippen LogP contribution in [0.5, 0.6) is 0 Å². The van der Waals surface area contributed by atoms with E-state index in [1.807, 2.05) is 12.1 Å². The highest BCUT2D eigenvalue weighted by molar-refractivity contribution is 9.10. The minimum Gasteiger partial charge on any atom is -0.381 e. The van der Waals surface area contributed by atoms with Gasteiger partial charge in [0.25, 0.3) is 0 Å². The van der Waals surface area contributed by atoms with Crippen LogP contribution in [-0.2, 0) is 13.0 Å². The Morgan fingerprint density at radius 1 is 1.11 bits per heavy atom. The van der Waals surface area contributed by atoms with Gasteiger partial charge in [0.15, 0.2) is 0 Å². The van der Waals surface area contributed by atoms with E-state index >= 15 is 0 Å². The van der Waals surface area contributed by atoms with Gasteiger partial charge in [-0.25, -0.2) is 4.39 Å². The van der Waals surface area contributed by atoms with Gasteiger partial charge in [-0.3, -0.25) is 0 Å². The summed E-state index contributed by atoms with van der Waals surface area (Å²) in [6.07, 6.45) is 2.25. The van der Waals surface area contributed by atoms with E-state index in [0.29, 0.717) is 12.1 Å². The average molecular weight is 322 g/mol. The number of benzene rings is 2. The molecular weight excluding hydrogens is 305 g/mol. The highest BCUT2D eigenvalue weighted by atomic mass is 79.9. The van der Waals surface area contributed by atoms with Crippen LogP contribution in [0.2, 0.25) is 0 Å². The fourth-order valence-corrected chi connectivity index (χ4v) is 2.36. The zero-order valence-electron chi connectivity index (χ0n) is 10.9. The molecule has 0 radical (unpaired) electrons. The van der Waals surface area contributed by atoms with E-state index in [4.69, 9.17) is 0 Å². The third-order valence-corrected chi connectivity index (χ3v) is 3.48. The number of nitrogens with one attached hydrogen (secondary N) is 1. The van der Waals surface area contributed by atoms with Crippen LogP contribution < -0.4 is 5.32 Å². The van der Waals surface area contributed by atoms with E-state index in [1.54, 1.807) is 12.1 Å². The highest BCUT2D eigenvalue weighted by Gasteiger charge is 2.02. The summed E-state index contributed by atoms with van der Waals surface area (Å²) in [5.74, 6) is -0.182. The fraction of sp³-hybridized carbons (Fsp3) is 0.250. The van der Waals surface area contributed by atoms with Crippen LogP contribution in [0.3, 0.4) is 0 Å². The summed E-state index contributed by atoms with van der Waals surface area (Å²) in [6.45, 7) is 2.65. The molecule has 19 heavy (non-hydrogen) atoms.